The van der Waals surface area contributed by atoms with E-state index in [9.17, 15) is 13.2 Å². The lowest BCUT2D eigenvalue weighted by Crippen LogP contribution is -2.40. The van der Waals surface area contributed by atoms with Crippen molar-refractivity contribution in [3.05, 3.63) is 36.7 Å². The summed E-state index contributed by atoms with van der Waals surface area (Å²) in [5.74, 6) is -0.219. The highest BCUT2D eigenvalue weighted by Crippen LogP contribution is 2.24. The van der Waals surface area contributed by atoms with Gasteiger partial charge in [0.25, 0.3) is 0 Å². The fourth-order valence-corrected chi connectivity index (χ4v) is 4.88. The van der Waals surface area contributed by atoms with Crippen LogP contribution in [0.15, 0.2) is 46.7 Å². The third-order valence-electron chi connectivity index (χ3n) is 4.14. The second-order valence-corrected chi connectivity index (χ2v) is 9.36. The molecule has 2 aromatic rings. The number of anilines is 1. The number of hydrogen-bond donors (Lipinski definition) is 1. The molecule has 1 aromatic carbocycles. The SMILES string of the molecule is CC(Sc1nccn1C)C(=O)Nc1cccc(S(=O)(=O)N2CCOCC2)c1. The number of sulfonamides is 1. The number of aromatic nitrogens is 2. The van der Waals surface area contributed by atoms with E-state index in [1.165, 1.54) is 28.2 Å². The van der Waals surface area contributed by atoms with Crippen LogP contribution in [0.3, 0.4) is 0 Å². The molecular formula is C17H22N4O4S2. The van der Waals surface area contributed by atoms with E-state index < -0.39 is 10.0 Å². The highest BCUT2D eigenvalue weighted by Gasteiger charge is 2.26. The maximum atomic E-state index is 12.8. The Morgan fingerprint density at radius 1 is 1.33 bits per heavy atom. The minimum atomic E-state index is -3.60. The lowest BCUT2D eigenvalue weighted by atomic mass is 10.3. The number of amides is 1. The molecule has 2 heterocycles. The molecule has 0 radical (unpaired) electrons. The van der Waals surface area contributed by atoms with Crippen LogP contribution in [0, 0.1) is 0 Å². The molecule has 8 nitrogen and oxygen atoms in total. The van der Waals surface area contributed by atoms with Crippen LogP contribution in [0.25, 0.3) is 0 Å². The molecule has 10 heteroatoms. The first kappa shape index (κ1) is 19.9. The zero-order chi connectivity index (χ0) is 19.4. The smallest absolute Gasteiger partial charge is 0.243 e. The molecule has 146 valence electrons. The molecule has 1 saturated heterocycles. The van der Waals surface area contributed by atoms with Gasteiger partial charge in [0.1, 0.15) is 0 Å². The lowest BCUT2D eigenvalue weighted by Gasteiger charge is -2.26. The molecule has 1 N–H and O–H groups in total. The number of morpholine rings is 1. The minimum Gasteiger partial charge on any atom is -0.379 e. The third-order valence-corrected chi connectivity index (χ3v) is 7.20. The molecule has 1 amide bonds. The van der Waals surface area contributed by atoms with Gasteiger partial charge >= 0.3 is 0 Å². The van der Waals surface area contributed by atoms with Crippen molar-refractivity contribution in [2.24, 2.45) is 7.05 Å². The van der Waals surface area contributed by atoms with E-state index in [2.05, 4.69) is 10.3 Å². The normalized spacial score (nSPS) is 16.8. The van der Waals surface area contributed by atoms with Crippen molar-refractivity contribution in [2.75, 3.05) is 31.6 Å². The van der Waals surface area contributed by atoms with Gasteiger partial charge in [0.2, 0.25) is 15.9 Å². The average Bonchev–Trinajstić information content (AvgIpc) is 3.07. The summed E-state index contributed by atoms with van der Waals surface area (Å²) in [6, 6.07) is 6.32. The van der Waals surface area contributed by atoms with E-state index in [0.29, 0.717) is 32.0 Å². The first-order valence-corrected chi connectivity index (χ1v) is 10.8. The molecule has 1 atom stereocenters. The van der Waals surface area contributed by atoms with Gasteiger partial charge in [-0.1, -0.05) is 17.8 Å². The van der Waals surface area contributed by atoms with Crippen LogP contribution in [0.1, 0.15) is 6.92 Å². The second kappa shape index (κ2) is 8.42. The molecule has 1 fully saturated rings. The van der Waals surface area contributed by atoms with Gasteiger partial charge in [-0.05, 0) is 25.1 Å². The zero-order valence-electron chi connectivity index (χ0n) is 15.2. The second-order valence-electron chi connectivity index (χ2n) is 6.11. The summed E-state index contributed by atoms with van der Waals surface area (Å²) in [7, 11) is -1.74. The van der Waals surface area contributed by atoms with Gasteiger partial charge in [0, 0.05) is 38.2 Å². The highest BCUT2D eigenvalue weighted by molar-refractivity contribution is 8.00. The topological polar surface area (TPSA) is 93.5 Å². The highest BCUT2D eigenvalue weighted by atomic mass is 32.2. The number of carbonyl (C=O) groups is 1. The predicted octanol–water partition coefficient (Wildman–Crippen LogP) is 1.56. The van der Waals surface area contributed by atoms with Gasteiger partial charge in [-0.25, -0.2) is 13.4 Å². The maximum Gasteiger partial charge on any atom is 0.243 e. The van der Waals surface area contributed by atoms with Gasteiger partial charge in [-0.2, -0.15) is 4.31 Å². The van der Waals surface area contributed by atoms with Gasteiger partial charge < -0.3 is 14.6 Å². The minimum absolute atomic E-state index is 0.159. The predicted molar refractivity (Wildman–Crippen MR) is 103 cm³/mol. The van der Waals surface area contributed by atoms with Crippen molar-refractivity contribution in [1.29, 1.82) is 0 Å². The van der Waals surface area contributed by atoms with Crippen molar-refractivity contribution >= 4 is 33.4 Å². The Morgan fingerprint density at radius 3 is 2.74 bits per heavy atom. The van der Waals surface area contributed by atoms with Gasteiger partial charge in [-0.3, -0.25) is 4.79 Å². The van der Waals surface area contributed by atoms with E-state index in [-0.39, 0.29) is 16.1 Å². The van der Waals surface area contributed by atoms with Crippen LogP contribution in [-0.4, -0.2) is 59.7 Å². The quantitative estimate of drug-likeness (QED) is 0.727. The summed E-state index contributed by atoms with van der Waals surface area (Å²) in [6.45, 7) is 3.21. The molecule has 0 aliphatic carbocycles. The Labute approximate surface area is 163 Å². The Kier molecular flexibility index (Phi) is 6.20. The number of benzene rings is 1. The summed E-state index contributed by atoms with van der Waals surface area (Å²) in [5.41, 5.74) is 0.446. The molecule has 1 aliphatic heterocycles. The molecule has 1 unspecified atom stereocenters. The summed E-state index contributed by atoms with van der Waals surface area (Å²) in [4.78, 5) is 16.8. The molecule has 3 rings (SSSR count). The summed E-state index contributed by atoms with van der Waals surface area (Å²) in [5, 5.41) is 3.14. The van der Waals surface area contributed by atoms with Crippen LogP contribution < -0.4 is 5.32 Å². The molecule has 1 aromatic heterocycles. The fourth-order valence-electron chi connectivity index (χ4n) is 2.59. The van der Waals surface area contributed by atoms with E-state index in [4.69, 9.17) is 4.74 Å². The summed E-state index contributed by atoms with van der Waals surface area (Å²) in [6.07, 6.45) is 3.49. The number of aryl methyl sites for hydroxylation is 1. The average molecular weight is 411 g/mol. The fraction of sp³-hybridized carbons (Fsp3) is 0.412. The van der Waals surface area contributed by atoms with Crippen LogP contribution in [0.4, 0.5) is 5.69 Å². The Bertz CT molecular complexity index is 907. The summed E-state index contributed by atoms with van der Waals surface area (Å²) >= 11 is 1.34. The lowest BCUT2D eigenvalue weighted by molar-refractivity contribution is -0.115. The van der Waals surface area contributed by atoms with E-state index in [1.807, 2.05) is 17.8 Å². The number of nitrogens with one attached hydrogen (secondary N) is 1. The van der Waals surface area contributed by atoms with Crippen molar-refractivity contribution in [2.45, 2.75) is 22.2 Å². The molecule has 0 spiro atoms. The van der Waals surface area contributed by atoms with Crippen molar-refractivity contribution < 1.29 is 17.9 Å². The molecule has 1 aliphatic rings. The first-order valence-electron chi connectivity index (χ1n) is 8.51. The number of nitrogens with zero attached hydrogens (tertiary/aromatic N) is 3. The van der Waals surface area contributed by atoms with E-state index in [0.717, 1.165) is 5.16 Å². The Morgan fingerprint density at radius 2 is 2.07 bits per heavy atom. The van der Waals surface area contributed by atoms with Crippen molar-refractivity contribution in [1.82, 2.24) is 13.9 Å². The number of carbonyl (C=O) groups excluding carboxylic acids is 1. The summed E-state index contributed by atoms with van der Waals surface area (Å²) < 4.78 is 34.0. The molecule has 0 saturated carbocycles. The number of imidazole rings is 1. The molecular weight excluding hydrogens is 388 g/mol. The van der Waals surface area contributed by atoms with Gasteiger partial charge in [0.15, 0.2) is 5.16 Å². The van der Waals surface area contributed by atoms with E-state index >= 15 is 0 Å². The van der Waals surface area contributed by atoms with E-state index in [1.54, 1.807) is 25.3 Å². The van der Waals surface area contributed by atoms with Gasteiger partial charge in [-0.15, -0.1) is 0 Å². The Balaban J connectivity index is 1.70. The molecule has 0 bridgehead atoms. The monoisotopic (exact) mass is 410 g/mol. The van der Waals surface area contributed by atoms with Crippen LogP contribution >= 0.6 is 11.8 Å². The zero-order valence-corrected chi connectivity index (χ0v) is 16.8. The number of rotatable bonds is 6. The van der Waals surface area contributed by atoms with Crippen molar-refractivity contribution in [3.8, 4) is 0 Å². The third kappa shape index (κ3) is 4.70. The van der Waals surface area contributed by atoms with Crippen LogP contribution in [0.2, 0.25) is 0 Å². The number of ether oxygens (including phenoxy) is 1. The standard InChI is InChI=1S/C17H22N4O4S2/c1-13(26-17-18-6-7-20(17)2)16(22)19-14-4-3-5-15(12-14)27(23,24)21-8-10-25-11-9-21/h3-7,12-13H,8-11H2,1-2H3,(H,19,22). The molecule has 27 heavy (non-hydrogen) atoms. The van der Waals surface area contributed by atoms with Crippen molar-refractivity contribution in [3.63, 3.8) is 0 Å². The largest absolute Gasteiger partial charge is 0.379 e. The number of thioether (sulfide) groups is 1. The maximum absolute atomic E-state index is 12.8. The first-order chi connectivity index (χ1) is 12.9. The number of hydrogen-bond acceptors (Lipinski definition) is 6. The van der Waals surface area contributed by atoms with Gasteiger partial charge in [0.05, 0.1) is 23.4 Å². The van der Waals surface area contributed by atoms with Crippen LogP contribution in [0.5, 0.6) is 0 Å². The van der Waals surface area contributed by atoms with Crippen LogP contribution in [-0.2, 0) is 26.6 Å². The Hall–Kier alpha value is -1.88.